The van der Waals surface area contributed by atoms with E-state index in [-0.39, 0.29) is 16.4 Å². The first-order valence-corrected chi connectivity index (χ1v) is 5.35. The van der Waals surface area contributed by atoms with E-state index in [0.717, 1.165) is 5.69 Å². The molecule has 2 rings (SSSR count). The summed E-state index contributed by atoms with van der Waals surface area (Å²) in [4.78, 5) is 0. The van der Waals surface area contributed by atoms with E-state index in [9.17, 15) is 0 Å². The summed E-state index contributed by atoms with van der Waals surface area (Å²) in [6, 6.07) is 9.43. The van der Waals surface area contributed by atoms with E-state index in [1.165, 1.54) is 0 Å². The molecule has 74 valence electrons. The lowest BCUT2D eigenvalue weighted by Gasteiger charge is -2.22. The van der Waals surface area contributed by atoms with Crippen molar-refractivity contribution in [2.75, 3.05) is 5.32 Å². The first-order chi connectivity index (χ1) is 8.52. The van der Waals surface area contributed by atoms with E-state index >= 15 is 0 Å². The molecule has 6 heteroatoms. The molecule has 0 saturated heterocycles. The molecule has 0 bridgehead atoms. The second kappa shape index (κ2) is 5.05. The molecule has 0 heterocycles. The van der Waals surface area contributed by atoms with Crippen LogP contribution in [0.15, 0.2) is 30.3 Å². The summed E-state index contributed by atoms with van der Waals surface area (Å²) >= 11 is 0. The van der Waals surface area contributed by atoms with Gasteiger partial charge in [-0.3, -0.25) is 0 Å². The Morgan fingerprint density at radius 2 is 1.06 bits per heavy atom. The van der Waals surface area contributed by atoms with Crippen molar-refractivity contribution in [2.45, 2.75) is 0 Å². The highest BCUT2D eigenvalue weighted by atomic mass is 14.9. The van der Waals surface area contributed by atoms with Gasteiger partial charge in [-0.15, -0.1) is 16.4 Å². The maximum Gasteiger partial charge on any atom is 0.115 e. The van der Waals surface area contributed by atoms with Crippen LogP contribution < -0.4 is 32.6 Å². The summed E-state index contributed by atoms with van der Waals surface area (Å²) in [6.07, 6.45) is 0. The van der Waals surface area contributed by atoms with Crippen LogP contribution in [0.2, 0.25) is 0 Å². The lowest BCUT2D eigenvalue weighted by Crippen LogP contribution is -2.55. The Labute approximate surface area is 114 Å². The summed E-state index contributed by atoms with van der Waals surface area (Å²) in [5.41, 5.74) is 2.58. The van der Waals surface area contributed by atoms with Gasteiger partial charge in [0.25, 0.3) is 0 Å². The SMILES string of the molecule is [B]c1c([B])c([B])c(Nc2ccccc2)c([B])c1[B]. The number of rotatable bonds is 2. The highest BCUT2D eigenvalue weighted by Crippen LogP contribution is 2.10. The molecule has 0 fully saturated rings. The second-order valence-corrected chi connectivity index (χ2v) is 3.93. The number of anilines is 2. The summed E-state index contributed by atoms with van der Waals surface area (Å²) in [7, 11) is 29.1. The molecule has 0 spiro atoms. The Morgan fingerprint density at radius 3 is 1.56 bits per heavy atom. The molecule has 0 aliphatic heterocycles. The van der Waals surface area contributed by atoms with Crippen LogP contribution >= 0.6 is 0 Å². The Balaban J connectivity index is 2.52. The molecule has 0 aromatic heterocycles. The highest BCUT2D eigenvalue weighted by Gasteiger charge is 2.10. The number of para-hydroxylation sites is 1. The van der Waals surface area contributed by atoms with Gasteiger partial charge in [0.05, 0.1) is 0 Å². The Hall–Kier alpha value is -1.44. The zero-order chi connectivity index (χ0) is 13.3. The van der Waals surface area contributed by atoms with Gasteiger partial charge in [0, 0.05) is 11.4 Å². The Kier molecular flexibility index (Phi) is 3.65. The maximum atomic E-state index is 5.90. The second-order valence-electron chi connectivity index (χ2n) is 3.93. The minimum absolute atomic E-state index is 0.212. The van der Waals surface area contributed by atoms with Crippen LogP contribution in [-0.2, 0) is 0 Å². The van der Waals surface area contributed by atoms with Crippen molar-refractivity contribution < 1.29 is 0 Å². The Morgan fingerprint density at radius 1 is 0.611 bits per heavy atom. The zero-order valence-electron chi connectivity index (χ0n) is 9.77. The van der Waals surface area contributed by atoms with E-state index in [2.05, 4.69) is 5.32 Å². The van der Waals surface area contributed by atoms with Crippen molar-refractivity contribution in [1.82, 2.24) is 0 Å². The van der Waals surface area contributed by atoms with Gasteiger partial charge in [0.15, 0.2) is 0 Å². The Bertz CT molecular complexity index is 554. The average molecular weight is 218 g/mol. The van der Waals surface area contributed by atoms with Gasteiger partial charge in [-0.2, -0.15) is 0 Å². The summed E-state index contributed by atoms with van der Waals surface area (Å²) in [6.45, 7) is 0. The van der Waals surface area contributed by atoms with Crippen molar-refractivity contribution in [2.24, 2.45) is 0 Å². The van der Waals surface area contributed by atoms with Crippen molar-refractivity contribution >= 4 is 77.9 Å². The predicted molar refractivity (Wildman–Crippen MR) is 83.1 cm³/mol. The topological polar surface area (TPSA) is 12.0 Å². The van der Waals surface area contributed by atoms with Gasteiger partial charge in [0.1, 0.15) is 39.2 Å². The lowest BCUT2D eigenvalue weighted by atomic mass is 9.61. The van der Waals surface area contributed by atoms with Gasteiger partial charge in [-0.25, -0.2) is 0 Å². The van der Waals surface area contributed by atoms with Crippen LogP contribution in [0.4, 0.5) is 11.4 Å². The summed E-state index contributed by atoms with van der Waals surface area (Å²) in [5, 5.41) is 3.08. The number of hydrogen-bond donors (Lipinski definition) is 1. The van der Waals surface area contributed by atoms with Crippen LogP contribution in [0.25, 0.3) is 0 Å². The van der Waals surface area contributed by atoms with Crippen molar-refractivity contribution in [3.8, 4) is 0 Å². The largest absolute Gasteiger partial charge is 0.357 e. The molecule has 0 unspecified atom stereocenters. The third-order valence-corrected chi connectivity index (χ3v) is 2.74. The molecule has 18 heavy (non-hydrogen) atoms. The lowest BCUT2D eigenvalue weighted by molar-refractivity contribution is 1.60. The van der Waals surface area contributed by atoms with Crippen LogP contribution in [0.5, 0.6) is 0 Å². The standard InChI is InChI=1S/C12H6B5N/c13-7-8(14)10(16)12(11(17)9(7)15)18-6-4-2-1-3-5-6/h1-5,18H. The highest BCUT2D eigenvalue weighted by molar-refractivity contribution is 6.68. The zero-order valence-corrected chi connectivity index (χ0v) is 9.77. The fourth-order valence-corrected chi connectivity index (χ4v) is 1.65. The van der Waals surface area contributed by atoms with Crippen molar-refractivity contribution in [1.29, 1.82) is 0 Å². The van der Waals surface area contributed by atoms with Crippen molar-refractivity contribution in [3.63, 3.8) is 0 Å². The van der Waals surface area contributed by atoms with E-state index in [4.69, 9.17) is 39.2 Å². The molecule has 2 aromatic rings. The molecule has 0 amide bonds. The van der Waals surface area contributed by atoms with E-state index in [0.29, 0.717) is 16.6 Å². The molecule has 0 saturated carbocycles. The molecule has 0 aliphatic carbocycles. The van der Waals surface area contributed by atoms with Gasteiger partial charge in [-0.05, 0) is 12.1 Å². The first kappa shape index (κ1) is 13.0. The number of nitrogens with one attached hydrogen (secondary N) is 1. The average Bonchev–Trinajstić information content (AvgIpc) is 2.40. The molecule has 1 N–H and O–H groups in total. The van der Waals surface area contributed by atoms with Gasteiger partial charge < -0.3 is 5.32 Å². The summed E-state index contributed by atoms with van der Waals surface area (Å²) in [5.74, 6) is 0. The van der Waals surface area contributed by atoms with Gasteiger partial charge >= 0.3 is 0 Å². The molecule has 2 aromatic carbocycles. The number of benzene rings is 2. The predicted octanol–water partition coefficient (Wildman–Crippen LogP) is -2.60. The van der Waals surface area contributed by atoms with Gasteiger partial charge in [-0.1, -0.05) is 29.1 Å². The third-order valence-electron chi connectivity index (χ3n) is 2.74. The first-order valence-electron chi connectivity index (χ1n) is 5.35. The molecule has 1 nitrogen and oxygen atoms in total. The summed E-state index contributed by atoms with van der Waals surface area (Å²) < 4.78 is 0. The molecule has 10 radical (unpaired) electrons. The van der Waals surface area contributed by atoms with Crippen LogP contribution in [0, 0.1) is 0 Å². The van der Waals surface area contributed by atoms with Crippen LogP contribution in [0.1, 0.15) is 0 Å². The fraction of sp³-hybridized carbons (Fsp3) is 0. The molecule has 0 aliphatic rings. The molecular formula is C12H6B5N. The quantitative estimate of drug-likeness (QED) is 0.545. The van der Waals surface area contributed by atoms with E-state index in [1.807, 2.05) is 30.3 Å². The minimum atomic E-state index is 0.212. The van der Waals surface area contributed by atoms with Crippen LogP contribution in [-0.4, -0.2) is 39.2 Å². The van der Waals surface area contributed by atoms with Crippen LogP contribution in [0.3, 0.4) is 0 Å². The number of hydrogen-bond acceptors (Lipinski definition) is 1. The smallest absolute Gasteiger partial charge is 0.115 e. The van der Waals surface area contributed by atoms with E-state index in [1.54, 1.807) is 0 Å². The van der Waals surface area contributed by atoms with Crippen molar-refractivity contribution in [3.05, 3.63) is 30.3 Å². The fourth-order valence-electron chi connectivity index (χ4n) is 1.65. The van der Waals surface area contributed by atoms with Gasteiger partial charge in [0.2, 0.25) is 0 Å². The molecular weight excluding hydrogens is 212 g/mol. The monoisotopic (exact) mass is 219 g/mol. The van der Waals surface area contributed by atoms with E-state index < -0.39 is 0 Å². The normalized spacial score (nSPS) is 10.2. The maximum absolute atomic E-state index is 5.90. The minimum Gasteiger partial charge on any atom is -0.357 e. The molecule has 0 atom stereocenters. The third kappa shape index (κ3) is 2.24.